The largest absolute Gasteiger partial charge is 0.418 e. The first-order chi connectivity index (χ1) is 14.1. The highest BCUT2D eigenvalue weighted by molar-refractivity contribution is 5.92. The van der Waals surface area contributed by atoms with Gasteiger partial charge >= 0.3 is 6.18 Å². The second kappa shape index (κ2) is 7.87. The maximum atomic E-state index is 13.1. The molecule has 164 valence electrons. The predicted octanol–water partition coefficient (Wildman–Crippen LogP) is 2.24. The minimum Gasteiger partial charge on any atom is -0.346 e. The first-order valence-electron chi connectivity index (χ1n) is 10.7. The third-order valence-electron chi connectivity index (χ3n) is 6.87. The number of nitrogens with one attached hydrogen (secondary N) is 3. The SMILES string of the molecule is C[NH+](CC(=O)Nc1ccccc1C(F)(F)F)CC(=O)NC12CC3CC(CC(C3)C1)C2. The number of amides is 2. The van der Waals surface area contributed by atoms with Crippen molar-refractivity contribution in [3.8, 4) is 0 Å². The third-order valence-corrected chi connectivity index (χ3v) is 6.87. The summed E-state index contributed by atoms with van der Waals surface area (Å²) in [7, 11) is 1.70. The van der Waals surface area contributed by atoms with Crippen LogP contribution in [-0.4, -0.2) is 37.5 Å². The number of likely N-dealkylation sites (N-methyl/N-ethyl adjacent to an activating group) is 1. The van der Waals surface area contributed by atoms with Crippen LogP contribution in [0.2, 0.25) is 0 Å². The Morgan fingerprint density at radius 2 is 1.53 bits per heavy atom. The summed E-state index contributed by atoms with van der Waals surface area (Å²) < 4.78 is 39.2. The van der Waals surface area contributed by atoms with E-state index in [1.54, 1.807) is 7.05 Å². The fourth-order valence-corrected chi connectivity index (χ4v) is 6.25. The molecule has 5 rings (SSSR count). The van der Waals surface area contributed by atoms with Crippen molar-refractivity contribution in [1.82, 2.24) is 5.32 Å². The Kier molecular flexibility index (Phi) is 5.55. The maximum absolute atomic E-state index is 13.1. The normalized spacial score (nSPS) is 30.7. The lowest BCUT2D eigenvalue weighted by Gasteiger charge is -2.56. The summed E-state index contributed by atoms with van der Waals surface area (Å²) >= 11 is 0. The number of halogens is 3. The van der Waals surface area contributed by atoms with Crippen LogP contribution in [0, 0.1) is 17.8 Å². The Morgan fingerprint density at radius 3 is 2.10 bits per heavy atom. The van der Waals surface area contributed by atoms with E-state index in [4.69, 9.17) is 0 Å². The van der Waals surface area contributed by atoms with Gasteiger partial charge in [0.1, 0.15) is 0 Å². The van der Waals surface area contributed by atoms with Crippen molar-refractivity contribution in [1.29, 1.82) is 0 Å². The maximum Gasteiger partial charge on any atom is 0.418 e. The molecule has 5 nitrogen and oxygen atoms in total. The number of carbonyl (C=O) groups is 2. The van der Waals surface area contributed by atoms with Crippen LogP contribution in [0.4, 0.5) is 18.9 Å². The molecule has 4 fully saturated rings. The molecule has 1 aromatic carbocycles. The molecule has 0 spiro atoms. The highest BCUT2D eigenvalue weighted by Crippen LogP contribution is 2.55. The molecule has 30 heavy (non-hydrogen) atoms. The lowest BCUT2D eigenvalue weighted by atomic mass is 9.53. The monoisotopic (exact) mass is 424 g/mol. The van der Waals surface area contributed by atoms with E-state index in [1.807, 2.05) is 0 Å². The van der Waals surface area contributed by atoms with Gasteiger partial charge in [0.2, 0.25) is 0 Å². The van der Waals surface area contributed by atoms with Gasteiger partial charge in [-0.25, -0.2) is 0 Å². The number of rotatable bonds is 6. The molecule has 8 heteroatoms. The number of para-hydroxylation sites is 1. The van der Waals surface area contributed by atoms with Crippen molar-refractivity contribution in [2.45, 2.75) is 50.2 Å². The lowest BCUT2D eigenvalue weighted by Crippen LogP contribution is -3.11. The molecular formula is C22H29F3N3O2+. The van der Waals surface area contributed by atoms with Crippen molar-refractivity contribution in [3.63, 3.8) is 0 Å². The zero-order valence-electron chi connectivity index (χ0n) is 17.1. The molecule has 0 aliphatic heterocycles. The minimum atomic E-state index is -4.54. The highest BCUT2D eigenvalue weighted by atomic mass is 19.4. The Balaban J connectivity index is 1.29. The average molecular weight is 424 g/mol. The van der Waals surface area contributed by atoms with Crippen LogP contribution < -0.4 is 15.5 Å². The Morgan fingerprint density at radius 1 is 1.00 bits per heavy atom. The van der Waals surface area contributed by atoms with E-state index in [-0.39, 0.29) is 30.2 Å². The van der Waals surface area contributed by atoms with Crippen LogP contribution in [0.1, 0.15) is 44.1 Å². The number of benzene rings is 1. The number of quaternary nitrogens is 1. The third kappa shape index (κ3) is 4.63. The van der Waals surface area contributed by atoms with Gasteiger partial charge in [0, 0.05) is 5.54 Å². The second-order valence-corrected chi connectivity index (χ2v) is 9.65. The lowest BCUT2D eigenvalue weighted by molar-refractivity contribution is -0.862. The van der Waals surface area contributed by atoms with E-state index in [9.17, 15) is 22.8 Å². The van der Waals surface area contributed by atoms with E-state index in [0.717, 1.165) is 43.1 Å². The van der Waals surface area contributed by atoms with E-state index in [0.29, 0.717) is 4.90 Å². The summed E-state index contributed by atoms with van der Waals surface area (Å²) in [5.41, 5.74) is -1.23. The van der Waals surface area contributed by atoms with Gasteiger partial charge in [0.15, 0.2) is 13.1 Å². The van der Waals surface area contributed by atoms with Crippen LogP contribution in [0.3, 0.4) is 0 Å². The summed E-state index contributed by atoms with van der Waals surface area (Å²) in [5.74, 6) is 1.54. The fourth-order valence-electron chi connectivity index (χ4n) is 6.25. The molecule has 1 atom stereocenters. The topological polar surface area (TPSA) is 62.6 Å². The second-order valence-electron chi connectivity index (χ2n) is 9.65. The minimum absolute atomic E-state index is 0.0829. The zero-order chi connectivity index (χ0) is 21.5. The van der Waals surface area contributed by atoms with E-state index in [1.165, 1.54) is 37.5 Å². The van der Waals surface area contributed by atoms with Crippen LogP contribution >= 0.6 is 0 Å². The molecule has 4 saturated carbocycles. The van der Waals surface area contributed by atoms with Gasteiger partial charge in [-0.05, 0) is 68.4 Å². The summed E-state index contributed by atoms with van der Waals surface area (Å²) in [6.07, 6.45) is 2.50. The summed E-state index contributed by atoms with van der Waals surface area (Å²) in [6, 6.07) is 4.89. The molecule has 0 radical (unpaired) electrons. The fraction of sp³-hybridized carbons (Fsp3) is 0.636. The molecule has 0 heterocycles. The van der Waals surface area contributed by atoms with Gasteiger partial charge in [0.05, 0.1) is 18.3 Å². The van der Waals surface area contributed by atoms with Crippen LogP contribution in [-0.2, 0) is 15.8 Å². The summed E-state index contributed by atoms with van der Waals surface area (Å²) in [5, 5.41) is 5.60. The average Bonchev–Trinajstić information content (AvgIpc) is 2.58. The molecule has 2 amide bonds. The molecule has 4 bridgehead atoms. The molecule has 4 aliphatic carbocycles. The van der Waals surface area contributed by atoms with Crippen LogP contribution in [0.5, 0.6) is 0 Å². The smallest absolute Gasteiger partial charge is 0.346 e. The Bertz CT molecular complexity index is 789. The first kappa shape index (κ1) is 21.2. The Labute approximate surface area is 174 Å². The zero-order valence-corrected chi connectivity index (χ0v) is 17.1. The molecular weight excluding hydrogens is 395 g/mol. The molecule has 0 aromatic heterocycles. The van der Waals surface area contributed by atoms with Crippen molar-refractivity contribution < 1.29 is 27.7 Å². The van der Waals surface area contributed by atoms with Crippen molar-refractivity contribution >= 4 is 17.5 Å². The number of carbonyl (C=O) groups excluding carboxylic acids is 2. The molecule has 1 aromatic rings. The molecule has 1 unspecified atom stereocenters. The first-order valence-corrected chi connectivity index (χ1v) is 10.7. The number of anilines is 1. The van der Waals surface area contributed by atoms with Gasteiger partial charge < -0.3 is 15.5 Å². The van der Waals surface area contributed by atoms with Crippen LogP contribution in [0.15, 0.2) is 24.3 Å². The van der Waals surface area contributed by atoms with Gasteiger partial charge in [-0.2, -0.15) is 13.2 Å². The number of alkyl halides is 3. The van der Waals surface area contributed by atoms with E-state index in [2.05, 4.69) is 10.6 Å². The van der Waals surface area contributed by atoms with E-state index >= 15 is 0 Å². The van der Waals surface area contributed by atoms with Gasteiger partial charge in [-0.3, -0.25) is 9.59 Å². The van der Waals surface area contributed by atoms with Gasteiger partial charge in [-0.1, -0.05) is 12.1 Å². The number of hydrogen-bond donors (Lipinski definition) is 3. The summed E-state index contributed by atoms with van der Waals surface area (Å²) in [4.78, 5) is 25.6. The predicted molar refractivity (Wildman–Crippen MR) is 106 cm³/mol. The van der Waals surface area contributed by atoms with Gasteiger partial charge in [0.25, 0.3) is 11.8 Å². The highest BCUT2D eigenvalue weighted by Gasteiger charge is 2.51. The van der Waals surface area contributed by atoms with Crippen molar-refractivity contribution in [2.24, 2.45) is 17.8 Å². The standard InChI is InChI=1S/C22H28F3N3O2/c1-28(12-19(29)26-18-5-3-2-4-17(18)22(23,24)25)13-20(30)27-21-9-14-6-15(10-21)8-16(7-14)11-21/h2-5,14-16H,6-13H2,1H3,(H,26,29)(H,27,30)/p+1. The van der Waals surface area contributed by atoms with Crippen molar-refractivity contribution in [3.05, 3.63) is 29.8 Å². The van der Waals surface area contributed by atoms with Crippen LogP contribution in [0.25, 0.3) is 0 Å². The summed E-state index contributed by atoms with van der Waals surface area (Å²) in [6.45, 7) is 0.0383. The van der Waals surface area contributed by atoms with Crippen molar-refractivity contribution in [2.75, 3.05) is 25.5 Å². The molecule has 4 aliphatic rings. The quantitative estimate of drug-likeness (QED) is 0.656. The number of hydrogen-bond acceptors (Lipinski definition) is 2. The van der Waals surface area contributed by atoms with E-state index < -0.39 is 17.6 Å². The molecule has 3 N–H and O–H groups in total. The van der Waals surface area contributed by atoms with Gasteiger partial charge in [-0.15, -0.1) is 0 Å². The molecule has 0 saturated heterocycles. The Hall–Kier alpha value is -2.09.